The Hall–Kier alpha value is -2.16. The highest BCUT2D eigenvalue weighted by Crippen LogP contribution is 2.29. The van der Waals surface area contributed by atoms with Gasteiger partial charge in [-0.2, -0.15) is 0 Å². The van der Waals surface area contributed by atoms with Crippen LogP contribution in [0.25, 0.3) is 11.3 Å². The number of benzene rings is 1. The van der Waals surface area contributed by atoms with Gasteiger partial charge >= 0.3 is 5.97 Å². The summed E-state index contributed by atoms with van der Waals surface area (Å²) in [6, 6.07) is 5.91. The second-order valence-electron chi connectivity index (χ2n) is 4.97. The van der Waals surface area contributed by atoms with Crippen LogP contribution in [0.1, 0.15) is 32.6 Å². The van der Waals surface area contributed by atoms with E-state index in [0.29, 0.717) is 0 Å². The Morgan fingerprint density at radius 3 is 2.05 bits per heavy atom. The molecule has 0 fully saturated rings. The van der Waals surface area contributed by atoms with Crippen molar-refractivity contribution in [2.45, 2.75) is 27.7 Å². The zero-order valence-corrected chi connectivity index (χ0v) is 11.6. The molecule has 1 heterocycles. The lowest BCUT2D eigenvalue weighted by Crippen LogP contribution is -2.01. The molecule has 3 nitrogen and oxygen atoms in total. The van der Waals surface area contributed by atoms with Crippen LogP contribution in [0.5, 0.6) is 0 Å². The lowest BCUT2D eigenvalue weighted by atomic mass is 9.94. The number of aromatic carboxylic acids is 1. The van der Waals surface area contributed by atoms with Crippen LogP contribution in [0.4, 0.5) is 0 Å². The molecule has 0 spiro atoms. The van der Waals surface area contributed by atoms with Crippen LogP contribution >= 0.6 is 0 Å². The maximum absolute atomic E-state index is 10.9. The number of hydrogen-bond donors (Lipinski definition) is 1. The lowest BCUT2D eigenvalue weighted by Gasteiger charge is -2.13. The molecule has 1 N–H and O–H groups in total. The lowest BCUT2D eigenvalue weighted by molar-refractivity contribution is 0.0696. The summed E-state index contributed by atoms with van der Waals surface area (Å²) in [5.41, 5.74) is 6.62. The molecule has 0 saturated carbocycles. The van der Waals surface area contributed by atoms with Crippen molar-refractivity contribution in [3.8, 4) is 11.3 Å². The molecule has 0 aliphatic carbocycles. The number of hydrogen-bond acceptors (Lipinski definition) is 2. The molecule has 1 aromatic heterocycles. The molecule has 3 heteroatoms. The molecule has 1 aromatic carbocycles. The standard InChI is InChI=1S/C16H17NO2/c1-9-5-10(2)14(11(3)6-9)15-12(4)7-13(8-17-15)16(18)19/h5-8H,1-4H3,(H,18,19). The van der Waals surface area contributed by atoms with Gasteiger partial charge in [-0.05, 0) is 50.5 Å². The second kappa shape index (κ2) is 4.84. The van der Waals surface area contributed by atoms with E-state index >= 15 is 0 Å². The van der Waals surface area contributed by atoms with Gasteiger partial charge in [0.2, 0.25) is 0 Å². The van der Waals surface area contributed by atoms with Crippen LogP contribution in [0.2, 0.25) is 0 Å². The third-order valence-corrected chi connectivity index (χ3v) is 3.24. The van der Waals surface area contributed by atoms with Crippen molar-refractivity contribution in [1.82, 2.24) is 4.98 Å². The normalized spacial score (nSPS) is 10.5. The Morgan fingerprint density at radius 1 is 1.00 bits per heavy atom. The predicted octanol–water partition coefficient (Wildman–Crippen LogP) is 3.68. The third-order valence-electron chi connectivity index (χ3n) is 3.24. The van der Waals surface area contributed by atoms with Gasteiger partial charge in [0.05, 0.1) is 11.3 Å². The first-order valence-electron chi connectivity index (χ1n) is 6.18. The predicted molar refractivity (Wildman–Crippen MR) is 75.6 cm³/mol. The van der Waals surface area contributed by atoms with E-state index in [1.54, 1.807) is 6.07 Å². The van der Waals surface area contributed by atoms with E-state index in [0.717, 1.165) is 27.9 Å². The maximum Gasteiger partial charge on any atom is 0.337 e. The monoisotopic (exact) mass is 255 g/mol. The Morgan fingerprint density at radius 2 is 1.58 bits per heavy atom. The molecular formula is C16H17NO2. The number of nitrogens with zero attached hydrogens (tertiary/aromatic N) is 1. The summed E-state index contributed by atoms with van der Waals surface area (Å²) >= 11 is 0. The smallest absolute Gasteiger partial charge is 0.337 e. The molecule has 19 heavy (non-hydrogen) atoms. The van der Waals surface area contributed by atoms with Crippen LogP contribution < -0.4 is 0 Å². The zero-order valence-electron chi connectivity index (χ0n) is 11.6. The van der Waals surface area contributed by atoms with Gasteiger partial charge in [0.25, 0.3) is 0 Å². The SMILES string of the molecule is Cc1cc(C)c(-c2ncc(C(=O)O)cc2C)c(C)c1. The van der Waals surface area contributed by atoms with Gasteiger partial charge < -0.3 is 5.11 Å². The number of carbonyl (C=O) groups is 1. The van der Waals surface area contributed by atoms with E-state index in [1.807, 2.05) is 6.92 Å². The van der Waals surface area contributed by atoms with E-state index in [4.69, 9.17) is 5.11 Å². The minimum Gasteiger partial charge on any atom is -0.478 e. The van der Waals surface area contributed by atoms with Crippen molar-refractivity contribution in [3.63, 3.8) is 0 Å². The Bertz CT molecular complexity index is 637. The first-order valence-corrected chi connectivity index (χ1v) is 6.18. The van der Waals surface area contributed by atoms with E-state index in [1.165, 1.54) is 11.8 Å². The van der Waals surface area contributed by atoms with Gasteiger partial charge in [-0.1, -0.05) is 17.7 Å². The topological polar surface area (TPSA) is 50.2 Å². The molecule has 0 unspecified atom stereocenters. The Kier molecular flexibility index (Phi) is 3.38. The average molecular weight is 255 g/mol. The first kappa shape index (κ1) is 13.3. The number of carboxylic acids is 1. The molecule has 98 valence electrons. The molecule has 0 bridgehead atoms. The Labute approximate surface area is 112 Å². The molecule has 2 aromatic rings. The summed E-state index contributed by atoms with van der Waals surface area (Å²) in [5.74, 6) is -0.945. The first-order chi connectivity index (χ1) is 8.90. The van der Waals surface area contributed by atoms with E-state index in [-0.39, 0.29) is 5.56 Å². The number of carboxylic acid groups (broad SMARTS) is 1. The van der Waals surface area contributed by atoms with Gasteiger partial charge in [-0.25, -0.2) is 4.79 Å². The van der Waals surface area contributed by atoms with Crippen molar-refractivity contribution < 1.29 is 9.90 Å². The Balaban J connectivity index is 2.63. The van der Waals surface area contributed by atoms with Gasteiger partial charge in [0, 0.05) is 11.8 Å². The van der Waals surface area contributed by atoms with Gasteiger partial charge in [0.1, 0.15) is 0 Å². The van der Waals surface area contributed by atoms with Gasteiger partial charge in [0.15, 0.2) is 0 Å². The molecule has 0 amide bonds. The third kappa shape index (κ3) is 2.50. The van der Waals surface area contributed by atoms with Crippen LogP contribution in [0.3, 0.4) is 0 Å². The minimum absolute atomic E-state index is 0.226. The summed E-state index contributed by atoms with van der Waals surface area (Å²) in [6.07, 6.45) is 1.42. The van der Waals surface area contributed by atoms with Crippen molar-refractivity contribution in [3.05, 3.63) is 52.2 Å². The second-order valence-corrected chi connectivity index (χ2v) is 4.97. The number of pyridine rings is 1. The van der Waals surface area contributed by atoms with Crippen LogP contribution in [-0.2, 0) is 0 Å². The van der Waals surface area contributed by atoms with E-state index in [2.05, 4.69) is 37.9 Å². The molecule has 2 rings (SSSR count). The molecule has 0 aliphatic rings. The average Bonchev–Trinajstić information content (AvgIpc) is 2.29. The highest BCUT2D eigenvalue weighted by atomic mass is 16.4. The van der Waals surface area contributed by atoms with Crippen molar-refractivity contribution >= 4 is 5.97 Å². The van der Waals surface area contributed by atoms with Gasteiger partial charge in [-0.15, -0.1) is 0 Å². The summed E-state index contributed by atoms with van der Waals surface area (Å²) in [5, 5.41) is 8.98. The summed E-state index contributed by atoms with van der Waals surface area (Å²) in [7, 11) is 0. The number of rotatable bonds is 2. The highest BCUT2D eigenvalue weighted by molar-refractivity contribution is 5.88. The maximum atomic E-state index is 10.9. The van der Waals surface area contributed by atoms with Crippen molar-refractivity contribution in [1.29, 1.82) is 0 Å². The largest absolute Gasteiger partial charge is 0.478 e. The molecule has 0 aliphatic heterocycles. The number of aryl methyl sites for hydroxylation is 4. The summed E-state index contributed by atoms with van der Waals surface area (Å²) in [4.78, 5) is 15.3. The van der Waals surface area contributed by atoms with Crippen LogP contribution in [0, 0.1) is 27.7 Å². The number of aromatic nitrogens is 1. The highest BCUT2D eigenvalue weighted by Gasteiger charge is 2.13. The fourth-order valence-electron chi connectivity index (χ4n) is 2.51. The van der Waals surface area contributed by atoms with Crippen molar-refractivity contribution in [2.24, 2.45) is 0 Å². The van der Waals surface area contributed by atoms with Crippen LogP contribution in [0.15, 0.2) is 24.4 Å². The zero-order chi connectivity index (χ0) is 14.2. The minimum atomic E-state index is -0.945. The fourth-order valence-corrected chi connectivity index (χ4v) is 2.51. The van der Waals surface area contributed by atoms with E-state index in [9.17, 15) is 4.79 Å². The molecule has 0 atom stereocenters. The molecule has 0 radical (unpaired) electrons. The van der Waals surface area contributed by atoms with E-state index < -0.39 is 5.97 Å². The van der Waals surface area contributed by atoms with Crippen molar-refractivity contribution in [2.75, 3.05) is 0 Å². The molecular weight excluding hydrogens is 238 g/mol. The fraction of sp³-hybridized carbons (Fsp3) is 0.250. The molecule has 0 saturated heterocycles. The van der Waals surface area contributed by atoms with Crippen LogP contribution in [-0.4, -0.2) is 16.1 Å². The quantitative estimate of drug-likeness (QED) is 0.890. The summed E-state index contributed by atoms with van der Waals surface area (Å²) < 4.78 is 0. The van der Waals surface area contributed by atoms with Gasteiger partial charge in [-0.3, -0.25) is 4.98 Å². The summed E-state index contributed by atoms with van der Waals surface area (Å²) in [6.45, 7) is 8.08.